The number of para-hydroxylation sites is 1. The van der Waals surface area contributed by atoms with Crippen molar-refractivity contribution in [3.05, 3.63) is 46.4 Å². The molecule has 0 amide bonds. The highest BCUT2D eigenvalue weighted by atomic mass is 32.1. The number of rotatable bonds is 5. The lowest BCUT2D eigenvalue weighted by atomic mass is 10.1. The number of nitrogens with one attached hydrogen (secondary N) is 1. The number of aromatic nitrogens is 1. The maximum absolute atomic E-state index is 4.07. The summed E-state index contributed by atoms with van der Waals surface area (Å²) in [6.45, 7) is 3.07. The van der Waals surface area contributed by atoms with Crippen molar-refractivity contribution in [1.29, 1.82) is 0 Å². The van der Waals surface area contributed by atoms with Gasteiger partial charge >= 0.3 is 0 Å². The Labute approximate surface area is 100 Å². The fraction of sp³-hybridized carbons (Fsp3) is 0.308. The van der Waals surface area contributed by atoms with E-state index in [1.165, 1.54) is 22.5 Å². The number of anilines is 1. The van der Waals surface area contributed by atoms with Gasteiger partial charge in [-0.1, -0.05) is 31.5 Å². The van der Waals surface area contributed by atoms with Gasteiger partial charge in [0.2, 0.25) is 0 Å². The zero-order valence-electron chi connectivity index (χ0n) is 9.44. The SMILES string of the molecule is CCCc1ccccc1NCc1cncs1. The van der Waals surface area contributed by atoms with Gasteiger partial charge in [0, 0.05) is 16.8 Å². The topological polar surface area (TPSA) is 24.9 Å². The fourth-order valence-corrected chi connectivity index (χ4v) is 2.23. The summed E-state index contributed by atoms with van der Waals surface area (Å²) in [6, 6.07) is 8.52. The van der Waals surface area contributed by atoms with Crippen molar-refractivity contribution in [2.24, 2.45) is 0 Å². The van der Waals surface area contributed by atoms with E-state index in [9.17, 15) is 0 Å². The van der Waals surface area contributed by atoms with E-state index in [1.54, 1.807) is 11.3 Å². The zero-order valence-corrected chi connectivity index (χ0v) is 10.3. The third-order valence-electron chi connectivity index (χ3n) is 2.47. The van der Waals surface area contributed by atoms with Crippen LogP contribution in [0.4, 0.5) is 5.69 Å². The number of hydrogen-bond donors (Lipinski definition) is 1. The summed E-state index contributed by atoms with van der Waals surface area (Å²) < 4.78 is 0. The minimum Gasteiger partial charge on any atom is -0.380 e. The number of benzene rings is 1. The Morgan fingerprint density at radius 3 is 2.94 bits per heavy atom. The molecule has 0 saturated heterocycles. The molecule has 2 nitrogen and oxygen atoms in total. The van der Waals surface area contributed by atoms with Gasteiger partial charge in [-0.3, -0.25) is 4.98 Å². The van der Waals surface area contributed by atoms with Gasteiger partial charge in [0.05, 0.1) is 12.1 Å². The van der Waals surface area contributed by atoms with Crippen LogP contribution in [0.25, 0.3) is 0 Å². The third kappa shape index (κ3) is 2.83. The Morgan fingerprint density at radius 1 is 1.31 bits per heavy atom. The van der Waals surface area contributed by atoms with Crippen LogP contribution in [0.5, 0.6) is 0 Å². The van der Waals surface area contributed by atoms with E-state index in [-0.39, 0.29) is 0 Å². The van der Waals surface area contributed by atoms with Crippen molar-refractivity contribution < 1.29 is 0 Å². The molecule has 0 atom stereocenters. The lowest BCUT2D eigenvalue weighted by Crippen LogP contribution is -2.00. The second-order valence-electron chi connectivity index (χ2n) is 3.73. The molecule has 0 radical (unpaired) electrons. The molecule has 1 heterocycles. The van der Waals surface area contributed by atoms with Crippen LogP contribution < -0.4 is 5.32 Å². The Hall–Kier alpha value is -1.35. The highest BCUT2D eigenvalue weighted by Crippen LogP contribution is 2.18. The Kier molecular flexibility index (Phi) is 3.94. The molecule has 0 spiro atoms. The Balaban J connectivity index is 2.03. The molecule has 0 aliphatic heterocycles. The van der Waals surface area contributed by atoms with Crippen molar-refractivity contribution in [2.45, 2.75) is 26.3 Å². The number of aryl methyl sites for hydroxylation is 1. The van der Waals surface area contributed by atoms with Crippen molar-refractivity contribution >= 4 is 17.0 Å². The molecule has 2 aromatic rings. The first-order valence-corrected chi connectivity index (χ1v) is 6.47. The predicted octanol–water partition coefficient (Wildman–Crippen LogP) is 3.71. The highest BCUT2D eigenvalue weighted by molar-refractivity contribution is 7.09. The molecule has 84 valence electrons. The van der Waals surface area contributed by atoms with E-state index in [1.807, 2.05) is 11.7 Å². The molecule has 0 saturated carbocycles. The van der Waals surface area contributed by atoms with Crippen LogP contribution in [-0.2, 0) is 13.0 Å². The molecule has 1 aromatic carbocycles. The summed E-state index contributed by atoms with van der Waals surface area (Å²) in [4.78, 5) is 5.34. The zero-order chi connectivity index (χ0) is 11.2. The molecule has 16 heavy (non-hydrogen) atoms. The molecule has 0 fully saturated rings. The van der Waals surface area contributed by atoms with Gasteiger partial charge in [-0.25, -0.2) is 0 Å². The van der Waals surface area contributed by atoms with Gasteiger partial charge in [0.15, 0.2) is 0 Å². The second kappa shape index (κ2) is 5.66. The summed E-state index contributed by atoms with van der Waals surface area (Å²) in [7, 11) is 0. The van der Waals surface area contributed by atoms with Crippen LogP contribution >= 0.6 is 11.3 Å². The second-order valence-corrected chi connectivity index (χ2v) is 4.70. The summed E-state index contributed by atoms with van der Waals surface area (Å²) in [6.07, 6.45) is 4.23. The lowest BCUT2D eigenvalue weighted by molar-refractivity contribution is 0.920. The average Bonchev–Trinajstić information content (AvgIpc) is 2.81. The van der Waals surface area contributed by atoms with Gasteiger partial charge < -0.3 is 5.32 Å². The summed E-state index contributed by atoms with van der Waals surface area (Å²) in [5, 5.41) is 3.47. The van der Waals surface area contributed by atoms with Crippen LogP contribution in [0.3, 0.4) is 0 Å². The van der Waals surface area contributed by atoms with Gasteiger partial charge in [-0.2, -0.15) is 0 Å². The van der Waals surface area contributed by atoms with Crippen LogP contribution in [0.2, 0.25) is 0 Å². The van der Waals surface area contributed by atoms with Crippen molar-refractivity contribution in [3.63, 3.8) is 0 Å². The van der Waals surface area contributed by atoms with Crippen LogP contribution in [0, 0.1) is 0 Å². The predicted molar refractivity (Wildman–Crippen MR) is 69.9 cm³/mol. The summed E-state index contributed by atoms with van der Waals surface area (Å²) in [5.41, 5.74) is 4.52. The van der Waals surface area contributed by atoms with Crippen molar-refractivity contribution in [2.75, 3.05) is 5.32 Å². The number of hydrogen-bond acceptors (Lipinski definition) is 3. The smallest absolute Gasteiger partial charge is 0.0794 e. The molecule has 0 bridgehead atoms. The van der Waals surface area contributed by atoms with E-state index < -0.39 is 0 Å². The summed E-state index contributed by atoms with van der Waals surface area (Å²) in [5.74, 6) is 0. The van der Waals surface area contributed by atoms with Crippen LogP contribution in [0.1, 0.15) is 23.8 Å². The van der Waals surface area contributed by atoms with E-state index >= 15 is 0 Å². The molecular weight excluding hydrogens is 216 g/mol. The minimum atomic E-state index is 0.866. The number of nitrogens with zero attached hydrogens (tertiary/aromatic N) is 1. The monoisotopic (exact) mass is 232 g/mol. The van der Waals surface area contributed by atoms with Crippen LogP contribution in [-0.4, -0.2) is 4.98 Å². The molecular formula is C13H16N2S. The quantitative estimate of drug-likeness (QED) is 0.850. The largest absolute Gasteiger partial charge is 0.380 e. The van der Waals surface area contributed by atoms with Crippen LogP contribution in [0.15, 0.2) is 36.0 Å². The third-order valence-corrected chi connectivity index (χ3v) is 3.25. The first-order valence-electron chi connectivity index (χ1n) is 5.59. The van der Waals surface area contributed by atoms with Crippen molar-refractivity contribution in [3.8, 4) is 0 Å². The molecule has 1 N–H and O–H groups in total. The molecule has 0 aliphatic carbocycles. The molecule has 0 unspecified atom stereocenters. The van der Waals surface area contributed by atoms with Gasteiger partial charge in [0.25, 0.3) is 0 Å². The fourth-order valence-electron chi connectivity index (χ4n) is 1.69. The van der Waals surface area contributed by atoms with E-state index in [4.69, 9.17) is 0 Å². The van der Waals surface area contributed by atoms with E-state index in [0.29, 0.717) is 0 Å². The summed E-state index contributed by atoms with van der Waals surface area (Å²) >= 11 is 1.69. The van der Waals surface area contributed by atoms with Crippen molar-refractivity contribution in [1.82, 2.24) is 4.98 Å². The standard InChI is InChI=1S/C13H16N2S/c1-2-5-11-6-3-4-7-13(11)15-9-12-8-14-10-16-12/h3-4,6-8,10,15H,2,5,9H2,1H3. The Bertz CT molecular complexity index is 423. The maximum atomic E-state index is 4.07. The molecule has 2 rings (SSSR count). The van der Waals surface area contributed by atoms with Gasteiger partial charge in [0.1, 0.15) is 0 Å². The number of thiazole rings is 1. The highest BCUT2D eigenvalue weighted by Gasteiger charge is 2.00. The molecule has 1 aromatic heterocycles. The van der Waals surface area contributed by atoms with E-state index in [0.717, 1.165) is 13.0 Å². The normalized spacial score (nSPS) is 10.3. The Morgan fingerprint density at radius 2 is 2.19 bits per heavy atom. The lowest BCUT2D eigenvalue weighted by Gasteiger charge is -2.10. The minimum absolute atomic E-state index is 0.866. The molecule has 0 aliphatic rings. The van der Waals surface area contributed by atoms with Gasteiger partial charge in [-0.15, -0.1) is 11.3 Å². The van der Waals surface area contributed by atoms with Gasteiger partial charge in [-0.05, 0) is 18.1 Å². The first kappa shape index (κ1) is 11.1. The maximum Gasteiger partial charge on any atom is 0.0794 e. The molecule has 3 heteroatoms. The average molecular weight is 232 g/mol. The first-order chi connectivity index (χ1) is 7.90. The van der Waals surface area contributed by atoms with E-state index in [2.05, 4.69) is 41.5 Å².